The predicted molar refractivity (Wildman–Crippen MR) is 60.5 cm³/mol. The fourth-order valence-electron chi connectivity index (χ4n) is 1.91. The van der Waals surface area contributed by atoms with E-state index in [1.807, 2.05) is 6.92 Å². The Morgan fingerprint density at radius 3 is 2.60 bits per heavy atom. The Morgan fingerprint density at radius 2 is 2.13 bits per heavy atom. The first kappa shape index (κ1) is 10.4. The van der Waals surface area contributed by atoms with E-state index >= 15 is 0 Å². The average Bonchev–Trinajstić information content (AvgIpc) is 2.96. The second-order valence-electron chi connectivity index (χ2n) is 4.32. The largest absolute Gasteiger partial charge is 0.308 e. The van der Waals surface area contributed by atoms with Gasteiger partial charge < -0.3 is 5.43 Å². The van der Waals surface area contributed by atoms with Gasteiger partial charge in [-0.05, 0) is 25.7 Å². The van der Waals surface area contributed by atoms with Gasteiger partial charge in [0.15, 0.2) is 0 Å². The average molecular weight is 206 g/mol. The van der Waals surface area contributed by atoms with Crippen LogP contribution in [-0.4, -0.2) is 9.97 Å². The van der Waals surface area contributed by atoms with Crippen LogP contribution in [0.5, 0.6) is 0 Å². The number of hydrazine groups is 1. The van der Waals surface area contributed by atoms with E-state index in [1.165, 1.54) is 6.42 Å². The molecule has 1 heterocycles. The summed E-state index contributed by atoms with van der Waals surface area (Å²) in [6, 6.07) is 0. The number of nitrogens with zero attached hydrogens (tertiary/aromatic N) is 2. The predicted octanol–water partition coefficient (Wildman–Crippen LogP) is 1.76. The molecule has 2 unspecified atom stereocenters. The highest BCUT2D eigenvalue weighted by Crippen LogP contribution is 2.45. The summed E-state index contributed by atoms with van der Waals surface area (Å²) in [6.45, 7) is 6.35. The van der Waals surface area contributed by atoms with Crippen LogP contribution in [0, 0.1) is 12.8 Å². The minimum Gasteiger partial charge on any atom is -0.308 e. The van der Waals surface area contributed by atoms with Crippen LogP contribution in [-0.2, 0) is 6.42 Å². The Morgan fingerprint density at radius 1 is 1.47 bits per heavy atom. The van der Waals surface area contributed by atoms with Crippen LogP contribution in [0.2, 0.25) is 0 Å². The lowest BCUT2D eigenvalue weighted by atomic mass is 10.2. The molecule has 1 aromatic rings. The fraction of sp³-hybridized carbons (Fsp3) is 0.636. The van der Waals surface area contributed by atoms with Crippen molar-refractivity contribution in [3.8, 4) is 0 Å². The van der Waals surface area contributed by atoms with Gasteiger partial charge in [0.2, 0.25) is 0 Å². The molecule has 1 aliphatic rings. The third-order valence-corrected chi connectivity index (χ3v) is 3.18. The smallest absolute Gasteiger partial charge is 0.146 e. The molecule has 4 heteroatoms. The van der Waals surface area contributed by atoms with E-state index in [2.05, 4.69) is 29.2 Å². The Bertz CT molecular complexity index is 350. The number of aryl methyl sites for hydroxylation is 1. The minimum absolute atomic E-state index is 0.544. The van der Waals surface area contributed by atoms with Gasteiger partial charge >= 0.3 is 0 Å². The van der Waals surface area contributed by atoms with Crippen molar-refractivity contribution < 1.29 is 0 Å². The third kappa shape index (κ3) is 1.81. The number of nitrogens with two attached hydrogens (primary N) is 1. The van der Waals surface area contributed by atoms with Crippen molar-refractivity contribution in [2.45, 2.75) is 39.5 Å². The minimum atomic E-state index is 0.544. The molecule has 0 spiro atoms. The van der Waals surface area contributed by atoms with E-state index in [4.69, 9.17) is 5.84 Å². The maximum absolute atomic E-state index is 5.46. The van der Waals surface area contributed by atoms with Crippen molar-refractivity contribution in [2.75, 3.05) is 5.43 Å². The zero-order valence-electron chi connectivity index (χ0n) is 9.54. The molecular formula is C11H18N4. The van der Waals surface area contributed by atoms with Crippen molar-refractivity contribution in [1.82, 2.24) is 9.97 Å². The molecule has 0 radical (unpaired) electrons. The van der Waals surface area contributed by atoms with Gasteiger partial charge in [-0.25, -0.2) is 15.8 Å². The number of hydrogen-bond donors (Lipinski definition) is 2. The number of anilines is 1. The number of rotatable bonds is 3. The van der Waals surface area contributed by atoms with E-state index in [9.17, 15) is 0 Å². The summed E-state index contributed by atoms with van der Waals surface area (Å²) in [6.07, 6.45) is 2.13. The Kier molecular flexibility index (Phi) is 2.61. The molecule has 0 saturated heterocycles. The van der Waals surface area contributed by atoms with Crippen LogP contribution in [0.15, 0.2) is 0 Å². The Balaban J connectivity index is 2.40. The number of nitrogen functional groups attached to an aromatic ring is 1. The van der Waals surface area contributed by atoms with Crippen molar-refractivity contribution in [2.24, 2.45) is 11.8 Å². The van der Waals surface area contributed by atoms with Crippen molar-refractivity contribution in [3.63, 3.8) is 0 Å². The van der Waals surface area contributed by atoms with Crippen LogP contribution < -0.4 is 11.3 Å². The summed E-state index contributed by atoms with van der Waals surface area (Å²) in [5.74, 6) is 8.46. The highest BCUT2D eigenvalue weighted by atomic mass is 15.3. The molecule has 0 amide bonds. The number of nitrogens with one attached hydrogen (secondary N) is 1. The molecule has 0 aliphatic heterocycles. The Hall–Kier alpha value is -1.16. The molecule has 1 aliphatic carbocycles. The molecule has 1 aromatic heterocycles. The van der Waals surface area contributed by atoms with Gasteiger partial charge in [-0.15, -0.1) is 0 Å². The number of hydrogen-bond acceptors (Lipinski definition) is 4. The molecule has 3 N–H and O–H groups in total. The van der Waals surface area contributed by atoms with Gasteiger partial charge in [-0.1, -0.05) is 13.8 Å². The van der Waals surface area contributed by atoms with E-state index < -0.39 is 0 Å². The maximum Gasteiger partial charge on any atom is 0.146 e. The molecular weight excluding hydrogens is 188 g/mol. The van der Waals surface area contributed by atoms with E-state index in [0.717, 1.165) is 35.2 Å². The molecule has 0 bridgehead atoms. The summed E-state index contributed by atoms with van der Waals surface area (Å²) in [7, 11) is 0. The molecule has 2 atom stereocenters. The highest BCUT2D eigenvalue weighted by molar-refractivity contribution is 5.45. The van der Waals surface area contributed by atoms with E-state index in [-0.39, 0.29) is 0 Å². The summed E-state index contributed by atoms with van der Waals surface area (Å²) < 4.78 is 0. The summed E-state index contributed by atoms with van der Waals surface area (Å²) in [4.78, 5) is 9.07. The SMILES string of the molecule is CCc1nc(C2CC2C)nc(NN)c1C. The van der Waals surface area contributed by atoms with Crippen LogP contribution in [0.1, 0.15) is 43.3 Å². The normalized spacial score (nSPS) is 24.0. The Labute approximate surface area is 90.3 Å². The van der Waals surface area contributed by atoms with Crippen molar-refractivity contribution in [3.05, 3.63) is 17.1 Å². The first-order valence-corrected chi connectivity index (χ1v) is 5.51. The highest BCUT2D eigenvalue weighted by Gasteiger charge is 2.37. The van der Waals surface area contributed by atoms with Crippen molar-refractivity contribution >= 4 is 5.82 Å². The first-order chi connectivity index (χ1) is 7.17. The van der Waals surface area contributed by atoms with Crippen LogP contribution in [0.3, 0.4) is 0 Å². The topological polar surface area (TPSA) is 63.8 Å². The molecule has 15 heavy (non-hydrogen) atoms. The number of aromatic nitrogens is 2. The summed E-state index contributed by atoms with van der Waals surface area (Å²) in [5, 5.41) is 0. The third-order valence-electron chi connectivity index (χ3n) is 3.18. The van der Waals surface area contributed by atoms with Gasteiger partial charge in [-0.2, -0.15) is 0 Å². The molecule has 4 nitrogen and oxygen atoms in total. The lowest BCUT2D eigenvalue weighted by Crippen LogP contribution is -2.14. The molecule has 2 rings (SSSR count). The van der Waals surface area contributed by atoms with Crippen LogP contribution >= 0.6 is 0 Å². The summed E-state index contributed by atoms with van der Waals surface area (Å²) in [5.41, 5.74) is 4.83. The lowest BCUT2D eigenvalue weighted by Gasteiger charge is -2.10. The van der Waals surface area contributed by atoms with E-state index in [0.29, 0.717) is 5.92 Å². The zero-order chi connectivity index (χ0) is 11.0. The fourth-order valence-corrected chi connectivity index (χ4v) is 1.91. The van der Waals surface area contributed by atoms with Gasteiger partial charge in [0.05, 0.1) is 0 Å². The standard InChI is InChI=1S/C11H18N4/c1-4-9-7(3)10(15-12)14-11(13-9)8-5-6(8)2/h6,8H,4-5,12H2,1-3H3,(H,13,14,15). The molecule has 82 valence electrons. The van der Waals surface area contributed by atoms with Crippen LogP contribution in [0.4, 0.5) is 5.82 Å². The second-order valence-corrected chi connectivity index (χ2v) is 4.32. The maximum atomic E-state index is 5.46. The zero-order valence-corrected chi connectivity index (χ0v) is 9.54. The monoisotopic (exact) mass is 206 g/mol. The van der Waals surface area contributed by atoms with Gasteiger partial charge in [-0.3, -0.25) is 0 Å². The van der Waals surface area contributed by atoms with E-state index in [1.54, 1.807) is 0 Å². The molecule has 0 aromatic carbocycles. The van der Waals surface area contributed by atoms with Gasteiger partial charge in [0.25, 0.3) is 0 Å². The second kappa shape index (κ2) is 3.77. The summed E-state index contributed by atoms with van der Waals surface area (Å²) >= 11 is 0. The molecule has 1 fully saturated rings. The van der Waals surface area contributed by atoms with Crippen LogP contribution in [0.25, 0.3) is 0 Å². The van der Waals surface area contributed by atoms with Gasteiger partial charge in [0.1, 0.15) is 11.6 Å². The molecule has 1 saturated carbocycles. The lowest BCUT2D eigenvalue weighted by molar-refractivity contribution is 0.814. The quantitative estimate of drug-likeness (QED) is 0.584. The first-order valence-electron chi connectivity index (χ1n) is 5.51. The van der Waals surface area contributed by atoms with Gasteiger partial charge in [0, 0.05) is 17.2 Å². The van der Waals surface area contributed by atoms with Crippen molar-refractivity contribution in [1.29, 1.82) is 0 Å².